The number of carboxylic acids is 2. The summed E-state index contributed by atoms with van der Waals surface area (Å²) in [5.41, 5.74) is 8.86. The molecule has 0 aliphatic carbocycles. The third kappa shape index (κ3) is 8.97. The topological polar surface area (TPSA) is 150 Å². The Bertz CT molecular complexity index is 1300. The number of hydrogen-bond acceptors (Lipinski definition) is 5. The van der Waals surface area contributed by atoms with E-state index in [2.05, 4.69) is 47.1 Å². The summed E-state index contributed by atoms with van der Waals surface area (Å²) in [4.78, 5) is 40.1. The molecule has 1 unspecified atom stereocenters. The quantitative estimate of drug-likeness (QED) is 0.334. The first-order chi connectivity index (χ1) is 18.4. The fourth-order valence-corrected chi connectivity index (χ4v) is 3.89. The molecule has 0 saturated carbocycles. The van der Waals surface area contributed by atoms with E-state index in [1.807, 2.05) is 12.1 Å². The van der Waals surface area contributed by atoms with Gasteiger partial charge in [-0.25, -0.2) is 14.6 Å². The normalized spacial score (nSPS) is 17.4. The van der Waals surface area contributed by atoms with Crippen LogP contribution in [0.3, 0.4) is 0 Å². The fraction of sp³-hybridized carbons (Fsp3) is 0.360. The van der Waals surface area contributed by atoms with Gasteiger partial charge in [0.05, 0.1) is 11.1 Å². The van der Waals surface area contributed by atoms with Crippen LogP contribution in [0.1, 0.15) is 35.1 Å². The van der Waals surface area contributed by atoms with Crippen molar-refractivity contribution in [3.05, 3.63) is 65.5 Å². The Hall–Kier alpha value is -4.14. The first-order valence-electron chi connectivity index (χ1n) is 11.6. The van der Waals surface area contributed by atoms with Gasteiger partial charge in [-0.1, -0.05) is 43.3 Å². The summed E-state index contributed by atoms with van der Waals surface area (Å²) in [5, 5.41) is 14.2. The van der Waals surface area contributed by atoms with Crippen LogP contribution in [0.4, 0.5) is 26.3 Å². The van der Waals surface area contributed by atoms with E-state index in [0.717, 1.165) is 43.8 Å². The molecule has 5 N–H and O–H groups in total. The average Bonchev–Trinajstić information content (AvgIpc) is 3.47. The highest BCUT2D eigenvalue weighted by molar-refractivity contribution is 6.04. The third-order valence-corrected chi connectivity index (χ3v) is 5.95. The predicted molar refractivity (Wildman–Crippen MR) is 131 cm³/mol. The van der Waals surface area contributed by atoms with Crippen molar-refractivity contribution >= 4 is 28.9 Å². The van der Waals surface area contributed by atoms with Crippen LogP contribution in [0, 0.1) is 0 Å². The zero-order valence-corrected chi connectivity index (χ0v) is 21.0. The van der Waals surface area contributed by atoms with Crippen LogP contribution in [0.15, 0.2) is 48.5 Å². The molecule has 1 saturated heterocycles. The smallest absolute Gasteiger partial charge is 0.475 e. The minimum absolute atomic E-state index is 0.0371. The standard InChI is InChI=1S/C21H24N4O.2C2HF3O2/c1-21(11-13-25(14-21)12-10-15-6-3-2-4-7-15)20-23-17-9-5-8-16(19(22)26)18(17)24-20;2*3-2(4,5)1(6)7/h2-9H,10-14H2,1H3,(H2,22,26)(H,23,24);2*(H,6,7). The van der Waals surface area contributed by atoms with Gasteiger partial charge in [0.1, 0.15) is 11.3 Å². The van der Waals surface area contributed by atoms with Crippen molar-refractivity contribution in [2.24, 2.45) is 5.73 Å². The van der Waals surface area contributed by atoms with Crippen molar-refractivity contribution < 1.29 is 50.9 Å². The van der Waals surface area contributed by atoms with E-state index >= 15 is 0 Å². The van der Waals surface area contributed by atoms with E-state index in [1.54, 1.807) is 6.07 Å². The number of likely N-dealkylation sites (tertiary alicyclic amines) is 1. The maximum atomic E-state index is 11.7. The summed E-state index contributed by atoms with van der Waals surface area (Å²) in [6.07, 6.45) is -8.06. The number of rotatable bonds is 5. The number of aromatic amines is 1. The Morgan fingerprint density at radius 2 is 1.52 bits per heavy atom. The molecule has 2 aromatic carbocycles. The minimum atomic E-state index is -5.08. The Morgan fingerprint density at radius 1 is 0.975 bits per heavy atom. The van der Waals surface area contributed by atoms with Gasteiger partial charge in [0, 0.05) is 18.5 Å². The van der Waals surface area contributed by atoms with Crippen molar-refractivity contribution in [2.45, 2.75) is 37.5 Å². The monoisotopic (exact) mass is 576 g/mol. The number of carbonyl (C=O) groups is 3. The molecule has 218 valence electrons. The van der Waals surface area contributed by atoms with Gasteiger partial charge in [0.2, 0.25) is 0 Å². The molecule has 0 bridgehead atoms. The van der Waals surface area contributed by atoms with E-state index in [0.29, 0.717) is 11.1 Å². The molecular weight excluding hydrogens is 550 g/mol. The lowest BCUT2D eigenvalue weighted by molar-refractivity contribution is -0.193. The Labute approximate surface area is 223 Å². The number of hydrogen-bond donors (Lipinski definition) is 4. The molecule has 1 fully saturated rings. The largest absolute Gasteiger partial charge is 0.490 e. The van der Waals surface area contributed by atoms with Gasteiger partial charge in [0.25, 0.3) is 5.91 Å². The number of carboxylic acid groups (broad SMARTS) is 2. The molecule has 0 radical (unpaired) electrons. The number of nitrogens with one attached hydrogen (secondary N) is 1. The summed E-state index contributed by atoms with van der Waals surface area (Å²) in [6, 6.07) is 16.1. The second kappa shape index (κ2) is 12.8. The maximum absolute atomic E-state index is 11.7. The van der Waals surface area contributed by atoms with Gasteiger partial charge in [-0.3, -0.25) is 4.79 Å². The van der Waals surface area contributed by atoms with E-state index in [1.165, 1.54) is 5.56 Å². The molecule has 1 aliphatic heterocycles. The second-order valence-corrected chi connectivity index (χ2v) is 9.08. The first kappa shape index (κ1) is 32.1. The Morgan fingerprint density at radius 3 is 2.02 bits per heavy atom. The van der Waals surface area contributed by atoms with E-state index < -0.39 is 30.2 Å². The number of benzene rings is 2. The summed E-state index contributed by atoms with van der Waals surface area (Å²) < 4.78 is 63.5. The zero-order valence-electron chi connectivity index (χ0n) is 21.0. The molecule has 1 aromatic heterocycles. The van der Waals surface area contributed by atoms with Crippen LogP contribution in [-0.2, 0) is 21.4 Å². The number of primary amides is 1. The maximum Gasteiger partial charge on any atom is 0.490 e. The molecule has 3 aromatic rings. The van der Waals surface area contributed by atoms with Gasteiger partial charge < -0.3 is 25.8 Å². The van der Waals surface area contributed by atoms with Gasteiger partial charge >= 0.3 is 24.3 Å². The second-order valence-electron chi connectivity index (χ2n) is 9.08. The third-order valence-electron chi connectivity index (χ3n) is 5.95. The minimum Gasteiger partial charge on any atom is -0.475 e. The number of imidazole rings is 1. The Kier molecular flexibility index (Phi) is 10.3. The highest BCUT2D eigenvalue weighted by Gasteiger charge is 2.39. The van der Waals surface area contributed by atoms with E-state index in [4.69, 9.17) is 30.5 Å². The first-order valence-corrected chi connectivity index (χ1v) is 11.6. The fourth-order valence-electron chi connectivity index (χ4n) is 3.89. The summed E-state index contributed by atoms with van der Waals surface area (Å²) in [6.45, 7) is 5.32. The number of carbonyl (C=O) groups excluding carboxylic acids is 1. The van der Waals surface area contributed by atoms with Gasteiger partial charge in [0.15, 0.2) is 0 Å². The average molecular weight is 576 g/mol. The zero-order chi connectivity index (χ0) is 30.3. The predicted octanol–water partition coefficient (Wildman–Crippen LogP) is 4.13. The van der Waals surface area contributed by atoms with Gasteiger partial charge in [-0.05, 0) is 37.1 Å². The van der Waals surface area contributed by atoms with E-state index in [-0.39, 0.29) is 5.41 Å². The van der Waals surface area contributed by atoms with Crippen LogP contribution in [0.2, 0.25) is 0 Å². The molecule has 40 heavy (non-hydrogen) atoms. The number of nitrogens with zero attached hydrogens (tertiary/aromatic N) is 2. The highest BCUT2D eigenvalue weighted by atomic mass is 19.4. The molecule has 1 atom stereocenters. The van der Waals surface area contributed by atoms with Crippen molar-refractivity contribution in [3.8, 4) is 0 Å². The number of amides is 1. The number of aliphatic carboxylic acids is 2. The highest BCUT2D eigenvalue weighted by Crippen LogP contribution is 2.34. The number of fused-ring (bicyclic) bond motifs is 1. The van der Waals surface area contributed by atoms with Crippen molar-refractivity contribution in [3.63, 3.8) is 0 Å². The van der Waals surface area contributed by atoms with E-state index in [9.17, 15) is 31.1 Å². The molecule has 0 spiro atoms. The van der Waals surface area contributed by atoms with Crippen LogP contribution >= 0.6 is 0 Å². The SMILES string of the molecule is CC1(c2nc3c(C(N)=O)cccc3[nH]2)CCN(CCc2ccccc2)C1.O=C(O)C(F)(F)F.O=C(O)C(F)(F)F. The van der Waals surface area contributed by atoms with Crippen molar-refractivity contribution in [1.82, 2.24) is 14.9 Å². The number of H-pyrrole nitrogens is 1. The molecule has 2 heterocycles. The van der Waals surface area contributed by atoms with Crippen LogP contribution in [-0.4, -0.2) is 74.9 Å². The molecule has 4 rings (SSSR count). The summed E-state index contributed by atoms with van der Waals surface area (Å²) in [7, 11) is 0. The van der Waals surface area contributed by atoms with Crippen molar-refractivity contribution in [2.75, 3.05) is 19.6 Å². The molecule has 15 heteroatoms. The number of alkyl halides is 6. The van der Waals surface area contributed by atoms with Gasteiger partial charge in [-0.2, -0.15) is 26.3 Å². The lowest BCUT2D eigenvalue weighted by atomic mass is 9.89. The van der Waals surface area contributed by atoms with Crippen molar-refractivity contribution in [1.29, 1.82) is 0 Å². The van der Waals surface area contributed by atoms with Crippen LogP contribution in [0.5, 0.6) is 0 Å². The molecular formula is C25H26F6N4O5. The van der Waals surface area contributed by atoms with Crippen LogP contribution < -0.4 is 5.73 Å². The van der Waals surface area contributed by atoms with Crippen LogP contribution in [0.25, 0.3) is 11.0 Å². The number of para-hydroxylation sites is 1. The number of halogens is 6. The summed E-state index contributed by atoms with van der Waals surface area (Å²) in [5.74, 6) is -5.00. The summed E-state index contributed by atoms with van der Waals surface area (Å²) >= 11 is 0. The lowest BCUT2D eigenvalue weighted by Gasteiger charge is -2.22. The molecule has 9 nitrogen and oxygen atoms in total. The molecule has 1 aliphatic rings. The number of aromatic nitrogens is 2. The van der Waals surface area contributed by atoms with Gasteiger partial charge in [-0.15, -0.1) is 0 Å². The Balaban J connectivity index is 0.000000333. The number of nitrogens with two attached hydrogens (primary N) is 1. The lowest BCUT2D eigenvalue weighted by Crippen LogP contribution is -2.30. The molecule has 1 amide bonds.